The predicted molar refractivity (Wildman–Crippen MR) is 121 cm³/mol. The number of imidazole rings is 2. The van der Waals surface area contributed by atoms with Crippen LogP contribution in [0.1, 0.15) is 38.5 Å². The lowest BCUT2D eigenvalue weighted by Gasteiger charge is -2.24. The molecule has 6 N–H and O–H groups in total. The SMILES string of the molecule is CC(C)(C)C(N)c1ncc(-c2ccc(-c3ccc(-c4cnc(CN)[nH]4)cc3)cc2)[nH]1. The zero-order valence-corrected chi connectivity index (χ0v) is 17.6. The van der Waals surface area contributed by atoms with E-state index in [1.54, 1.807) is 0 Å². The van der Waals surface area contributed by atoms with Crippen molar-refractivity contribution in [2.75, 3.05) is 0 Å². The molecule has 1 unspecified atom stereocenters. The first-order valence-corrected chi connectivity index (χ1v) is 10.1. The number of H-pyrrole nitrogens is 2. The molecule has 4 rings (SSSR count). The van der Waals surface area contributed by atoms with Gasteiger partial charge in [-0.25, -0.2) is 9.97 Å². The van der Waals surface area contributed by atoms with Crippen LogP contribution in [0.5, 0.6) is 0 Å². The Kier molecular flexibility index (Phi) is 5.28. The van der Waals surface area contributed by atoms with Crippen molar-refractivity contribution in [3.05, 3.63) is 72.6 Å². The second-order valence-electron chi connectivity index (χ2n) is 8.63. The van der Waals surface area contributed by atoms with Gasteiger partial charge in [0.1, 0.15) is 11.6 Å². The Balaban J connectivity index is 1.52. The molecule has 2 aromatic carbocycles. The Morgan fingerprint density at radius 2 is 1.23 bits per heavy atom. The number of aromatic nitrogens is 4. The molecule has 0 saturated heterocycles. The first-order valence-electron chi connectivity index (χ1n) is 10.1. The average Bonchev–Trinajstić information content (AvgIpc) is 3.43. The molecule has 154 valence electrons. The molecule has 1 atom stereocenters. The predicted octanol–water partition coefficient (Wildman–Crippen LogP) is 4.64. The lowest BCUT2D eigenvalue weighted by atomic mass is 9.87. The third kappa shape index (κ3) is 4.06. The van der Waals surface area contributed by atoms with Crippen LogP contribution in [-0.2, 0) is 6.54 Å². The van der Waals surface area contributed by atoms with Crippen LogP contribution in [0.3, 0.4) is 0 Å². The molecule has 0 fully saturated rings. The van der Waals surface area contributed by atoms with Crippen LogP contribution < -0.4 is 11.5 Å². The van der Waals surface area contributed by atoms with E-state index in [2.05, 4.69) is 89.2 Å². The first kappa shape index (κ1) is 20.1. The van der Waals surface area contributed by atoms with Gasteiger partial charge >= 0.3 is 0 Å². The molecule has 2 heterocycles. The summed E-state index contributed by atoms with van der Waals surface area (Å²) < 4.78 is 0. The highest BCUT2D eigenvalue weighted by molar-refractivity contribution is 5.71. The van der Waals surface area contributed by atoms with Crippen LogP contribution >= 0.6 is 0 Å². The molecule has 6 nitrogen and oxygen atoms in total. The number of hydrogen-bond acceptors (Lipinski definition) is 4. The van der Waals surface area contributed by atoms with Gasteiger partial charge in [-0.05, 0) is 27.7 Å². The van der Waals surface area contributed by atoms with Crippen LogP contribution in [0.15, 0.2) is 60.9 Å². The number of nitrogens with zero attached hydrogens (tertiary/aromatic N) is 2. The van der Waals surface area contributed by atoms with Crippen molar-refractivity contribution in [1.29, 1.82) is 0 Å². The first-order chi connectivity index (χ1) is 14.3. The molecule has 4 aromatic rings. The minimum Gasteiger partial charge on any atom is -0.341 e. The molecule has 0 spiro atoms. The van der Waals surface area contributed by atoms with E-state index < -0.39 is 0 Å². The van der Waals surface area contributed by atoms with Gasteiger partial charge in [-0.15, -0.1) is 0 Å². The zero-order chi connectivity index (χ0) is 21.3. The molecule has 0 aliphatic rings. The highest BCUT2D eigenvalue weighted by Crippen LogP contribution is 2.31. The summed E-state index contributed by atoms with van der Waals surface area (Å²) in [4.78, 5) is 15.4. The molecule has 0 amide bonds. The molecule has 2 aromatic heterocycles. The Morgan fingerprint density at radius 3 is 1.70 bits per heavy atom. The van der Waals surface area contributed by atoms with Crippen molar-refractivity contribution in [2.24, 2.45) is 16.9 Å². The Morgan fingerprint density at radius 1 is 0.767 bits per heavy atom. The zero-order valence-electron chi connectivity index (χ0n) is 17.6. The van der Waals surface area contributed by atoms with Gasteiger partial charge in [0.25, 0.3) is 0 Å². The van der Waals surface area contributed by atoms with E-state index in [1.807, 2.05) is 12.4 Å². The van der Waals surface area contributed by atoms with Crippen LogP contribution in [0, 0.1) is 5.41 Å². The minimum atomic E-state index is -0.139. The maximum absolute atomic E-state index is 6.32. The summed E-state index contributed by atoms with van der Waals surface area (Å²) in [5, 5.41) is 0. The normalized spacial score (nSPS) is 12.8. The average molecular weight is 401 g/mol. The molecular weight excluding hydrogens is 372 g/mol. The molecule has 0 aliphatic heterocycles. The maximum Gasteiger partial charge on any atom is 0.124 e. The Bertz CT molecular complexity index is 1110. The minimum absolute atomic E-state index is 0.0484. The number of nitrogens with one attached hydrogen (secondary N) is 2. The van der Waals surface area contributed by atoms with Gasteiger partial charge in [-0.1, -0.05) is 69.3 Å². The second kappa shape index (κ2) is 7.89. The van der Waals surface area contributed by atoms with Gasteiger partial charge in [0.2, 0.25) is 0 Å². The lowest BCUT2D eigenvalue weighted by molar-refractivity contribution is 0.317. The number of benzene rings is 2. The summed E-state index contributed by atoms with van der Waals surface area (Å²) in [5.41, 5.74) is 18.3. The molecule has 0 radical (unpaired) electrons. The van der Waals surface area contributed by atoms with Gasteiger partial charge in [0, 0.05) is 0 Å². The highest BCUT2D eigenvalue weighted by atomic mass is 15.0. The molecular formula is C24H28N6. The third-order valence-electron chi connectivity index (χ3n) is 5.37. The molecule has 0 aliphatic carbocycles. The summed E-state index contributed by atoms with van der Waals surface area (Å²) in [6.45, 7) is 6.75. The van der Waals surface area contributed by atoms with Gasteiger partial charge in [-0.2, -0.15) is 0 Å². The molecule has 6 heteroatoms. The highest BCUT2D eigenvalue weighted by Gasteiger charge is 2.24. The number of rotatable bonds is 5. The maximum atomic E-state index is 6.32. The van der Waals surface area contributed by atoms with Crippen molar-refractivity contribution in [2.45, 2.75) is 33.4 Å². The summed E-state index contributed by atoms with van der Waals surface area (Å²) in [6.07, 6.45) is 3.67. The standard InChI is InChI=1S/C24H28N6/c1-24(2,3)22(26)23-28-14-20(30-23)18-10-6-16(7-11-18)15-4-8-17(9-5-15)19-13-27-21(12-25)29-19/h4-11,13-14,22H,12,25-26H2,1-3H3,(H,27,29)(H,28,30). The smallest absolute Gasteiger partial charge is 0.124 e. The van der Waals surface area contributed by atoms with E-state index in [0.29, 0.717) is 6.54 Å². The van der Waals surface area contributed by atoms with Gasteiger partial charge < -0.3 is 21.4 Å². The van der Waals surface area contributed by atoms with Crippen LogP contribution in [0.4, 0.5) is 0 Å². The van der Waals surface area contributed by atoms with E-state index in [0.717, 1.165) is 45.3 Å². The van der Waals surface area contributed by atoms with Crippen molar-refractivity contribution in [3.8, 4) is 33.6 Å². The summed E-state index contributed by atoms with van der Waals surface area (Å²) in [6, 6.07) is 16.7. The van der Waals surface area contributed by atoms with E-state index >= 15 is 0 Å². The van der Waals surface area contributed by atoms with Crippen molar-refractivity contribution in [3.63, 3.8) is 0 Å². The largest absolute Gasteiger partial charge is 0.341 e. The Hall–Kier alpha value is -3.22. The number of nitrogens with two attached hydrogens (primary N) is 2. The quantitative estimate of drug-likeness (QED) is 0.391. The van der Waals surface area contributed by atoms with E-state index in [1.165, 1.54) is 0 Å². The van der Waals surface area contributed by atoms with E-state index in [-0.39, 0.29) is 11.5 Å². The van der Waals surface area contributed by atoms with Crippen molar-refractivity contribution < 1.29 is 0 Å². The van der Waals surface area contributed by atoms with Crippen LogP contribution in [-0.4, -0.2) is 19.9 Å². The second-order valence-corrected chi connectivity index (χ2v) is 8.63. The number of hydrogen-bond donors (Lipinski definition) is 4. The fourth-order valence-corrected chi connectivity index (χ4v) is 3.35. The van der Waals surface area contributed by atoms with Gasteiger partial charge in [0.05, 0.1) is 36.4 Å². The molecule has 0 saturated carbocycles. The van der Waals surface area contributed by atoms with E-state index in [9.17, 15) is 0 Å². The summed E-state index contributed by atoms with van der Waals surface area (Å²) in [5.74, 6) is 1.60. The fourth-order valence-electron chi connectivity index (χ4n) is 3.35. The van der Waals surface area contributed by atoms with Crippen LogP contribution in [0.2, 0.25) is 0 Å². The van der Waals surface area contributed by atoms with Crippen molar-refractivity contribution in [1.82, 2.24) is 19.9 Å². The van der Waals surface area contributed by atoms with Gasteiger partial charge in [-0.3, -0.25) is 0 Å². The fraction of sp³-hybridized carbons (Fsp3) is 0.250. The lowest BCUT2D eigenvalue weighted by Crippen LogP contribution is -2.27. The third-order valence-corrected chi connectivity index (χ3v) is 5.37. The topological polar surface area (TPSA) is 109 Å². The molecule has 0 bridgehead atoms. The Labute approximate surface area is 176 Å². The van der Waals surface area contributed by atoms with Crippen LogP contribution in [0.25, 0.3) is 33.6 Å². The monoisotopic (exact) mass is 400 g/mol. The number of aromatic amines is 2. The molecule has 30 heavy (non-hydrogen) atoms. The summed E-state index contributed by atoms with van der Waals surface area (Å²) in [7, 11) is 0. The van der Waals surface area contributed by atoms with Gasteiger partial charge in [0.15, 0.2) is 0 Å². The van der Waals surface area contributed by atoms with Crippen molar-refractivity contribution >= 4 is 0 Å². The summed E-state index contributed by atoms with van der Waals surface area (Å²) >= 11 is 0. The van der Waals surface area contributed by atoms with E-state index in [4.69, 9.17) is 11.5 Å².